The van der Waals surface area contributed by atoms with Gasteiger partial charge < -0.3 is 10.6 Å². The number of nitriles is 1. The summed E-state index contributed by atoms with van der Waals surface area (Å²) in [5, 5.41) is 15.9. The first-order valence-electron chi connectivity index (χ1n) is 9.24. The molecule has 0 amide bonds. The summed E-state index contributed by atoms with van der Waals surface area (Å²) in [6.45, 7) is 3.06. The van der Waals surface area contributed by atoms with Crippen molar-refractivity contribution in [1.29, 1.82) is 5.26 Å². The van der Waals surface area contributed by atoms with Gasteiger partial charge in [-0.25, -0.2) is 4.98 Å². The minimum Gasteiger partial charge on any atom is -0.370 e. The molecule has 0 unspecified atom stereocenters. The molecule has 2 N–H and O–H groups in total. The Morgan fingerprint density at radius 1 is 0.963 bits per heavy atom. The van der Waals surface area contributed by atoms with Crippen LogP contribution in [0.25, 0.3) is 11.3 Å². The Balaban J connectivity index is 1.91. The van der Waals surface area contributed by atoms with Gasteiger partial charge in [-0.2, -0.15) is 10.2 Å². The summed E-state index contributed by atoms with van der Waals surface area (Å²) in [4.78, 5) is 9.23. The molecular weight excluding hydrogens is 334 g/mol. The zero-order valence-electron chi connectivity index (χ0n) is 15.4. The first kappa shape index (κ1) is 18.4. The van der Waals surface area contributed by atoms with Crippen molar-refractivity contribution in [1.82, 2.24) is 9.97 Å². The minimum absolute atomic E-state index is 0.469. The maximum Gasteiger partial charge on any atom is 0.229 e. The van der Waals surface area contributed by atoms with Crippen molar-refractivity contribution in [3.05, 3.63) is 66.2 Å². The maximum absolute atomic E-state index is 9.31. The molecule has 0 saturated carbocycles. The second-order valence-corrected chi connectivity index (χ2v) is 6.24. The van der Waals surface area contributed by atoms with Gasteiger partial charge in [0.05, 0.1) is 16.9 Å². The fourth-order valence-corrected chi connectivity index (χ4v) is 2.75. The molecule has 1 heterocycles. The lowest BCUT2D eigenvalue weighted by molar-refractivity contribution is 0.742. The van der Waals surface area contributed by atoms with Crippen molar-refractivity contribution in [3.8, 4) is 17.3 Å². The molecule has 2 aromatic carbocycles. The summed E-state index contributed by atoms with van der Waals surface area (Å²) in [6, 6.07) is 21.5. The second-order valence-electron chi connectivity index (χ2n) is 6.24. The molecule has 0 bridgehead atoms. The van der Waals surface area contributed by atoms with Gasteiger partial charge in [-0.1, -0.05) is 62.2 Å². The number of nitrogens with zero attached hydrogens (tertiary/aromatic N) is 3. The van der Waals surface area contributed by atoms with Crippen LogP contribution in [0.4, 0.5) is 17.5 Å². The van der Waals surface area contributed by atoms with E-state index in [1.54, 1.807) is 6.07 Å². The smallest absolute Gasteiger partial charge is 0.229 e. The number of nitrogens with one attached hydrogen (secondary N) is 2. The summed E-state index contributed by atoms with van der Waals surface area (Å²) in [5.74, 6) is 1.24. The third kappa shape index (κ3) is 5.05. The van der Waals surface area contributed by atoms with E-state index < -0.39 is 0 Å². The normalized spacial score (nSPS) is 10.2. The summed E-state index contributed by atoms with van der Waals surface area (Å²) >= 11 is 0. The molecule has 0 aliphatic carbocycles. The lowest BCUT2D eigenvalue weighted by Gasteiger charge is -2.12. The van der Waals surface area contributed by atoms with Crippen LogP contribution in [0.3, 0.4) is 0 Å². The van der Waals surface area contributed by atoms with Gasteiger partial charge >= 0.3 is 0 Å². The van der Waals surface area contributed by atoms with Crippen LogP contribution < -0.4 is 10.6 Å². The highest BCUT2D eigenvalue weighted by atomic mass is 15.1. The molecule has 27 heavy (non-hydrogen) atoms. The van der Waals surface area contributed by atoms with E-state index in [0.717, 1.165) is 30.0 Å². The fourth-order valence-electron chi connectivity index (χ4n) is 2.75. The number of hydrogen-bond donors (Lipinski definition) is 2. The molecule has 136 valence electrons. The molecule has 3 rings (SSSR count). The Hall–Kier alpha value is -3.39. The minimum atomic E-state index is 0.469. The van der Waals surface area contributed by atoms with E-state index in [9.17, 15) is 5.26 Å². The van der Waals surface area contributed by atoms with Gasteiger partial charge in [0, 0.05) is 18.2 Å². The van der Waals surface area contributed by atoms with Crippen molar-refractivity contribution < 1.29 is 0 Å². The van der Waals surface area contributed by atoms with Gasteiger partial charge in [-0.05, 0) is 18.6 Å². The van der Waals surface area contributed by atoms with Crippen molar-refractivity contribution >= 4 is 17.5 Å². The quantitative estimate of drug-likeness (QED) is 0.531. The molecule has 0 aliphatic heterocycles. The van der Waals surface area contributed by atoms with Crippen LogP contribution in [-0.4, -0.2) is 16.5 Å². The van der Waals surface area contributed by atoms with Crippen LogP contribution in [0, 0.1) is 11.3 Å². The second kappa shape index (κ2) is 9.35. The summed E-state index contributed by atoms with van der Waals surface area (Å²) in [5.41, 5.74) is 3.11. The van der Waals surface area contributed by atoms with Gasteiger partial charge in [-0.3, -0.25) is 0 Å². The van der Waals surface area contributed by atoms with Crippen LogP contribution in [0.1, 0.15) is 31.7 Å². The number of anilines is 3. The molecule has 5 heteroatoms. The third-order valence-corrected chi connectivity index (χ3v) is 4.18. The van der Waals surface area contributed by atoms with Gasteiger partial charge in [0.25, 0.3) is 0 Å². The Labute approximate surface area is 160 Å². The van der Waals surface area contributed by atoms with Crippen molar-refractivity contribution in [3.63, 3.8) is 0 Å². The van der Waals surface area contributed by atoms with Crippen LogP contribution in [0.2, 0.25) is 0 Å². The van der Waals surface area contributed by atoms with E-state index in [-0.39, 0.29) is 0 Å². The van der Waals surface area contributed by atoms with E-state index in [2.05, 4.69) is 33.6 Å². The van der Waals surface area contributed by atoms with Gasteiger partial charge in [0.1, 0.15) is 11.9 Å². The average Bonchev–Trinajstić information content (AvgIpc) is 2.72. The van der Waals surface area contributed by atoms with Crippen molar-refractivity contribution in [2.24, 2.45) is 0 Å². The summed E-state index contributed by atoms with van der Waals surface area (Å²) in [7, 11) is 0. The first-order chi connectivity index (χ1) is 13.3. The monoisotopic (exact) mass is 357 g/mol. The number of para-hydroxylation sites is 1. The van der Waals surface area contributed by atoms with Crippen molar-refractivity contribution in [2.75, 3.05) is 17.2 Å². The number of benzene rings is 2. The third-order valence-electron chi connectivity index (χ3n) is 4.18. The van der Waals surface area contributed by atoms with Gasteiger partial charge in [0.2, 0.25) is 5.95 Å². The van der Waals surface area contributed by atoms with E-state index in [0.29, 0.717) is 17.2 Å². The van der Waals surface area contributed by atoms with Crippen LogP contribution >= 0.6 is 0 Å². The number of rotatable bonds is 8. The van der Waals surface area contributed by atoms with Crippen LogP contribution in [-0.2, 0) is 0 Å². The molecule has 0 radical (unpaired) electrons. The highest BCUT2D eigenvalue weighted by molar-refractivity contribution is 5.68. The zero-order chi connectivity index (χ0) is 18.9. The number of aromatic nitrogens is 2. The molecule has 1 aromatic heterocycles. The number of unbranched alkanes of at least 4 members (excludes halogenated alkanes) is 2. The predicted octanol–water partition coefficient (Wildman–Crippen LogP) is 5.36. The van der Waals surface area contributed by atoms with Crippen LogP contribution in [0.15, 0.2) is 60.7 Å². The van der Waals surface area contributed by atoms with Crippen molar-refractivity contribution in [2.45, 2.75) is 26.2 Å². The SMILES string of the molecule is CCCCCNc1cc(-c2ccccc2)nc(Nc2ccccc2C#N)n1. The average molecular weight is 357 g/mol. The summed E-state index contributed by atoms with van der Waals surface area (Å²) in [6.07, 6.45) is 3.46. The molecule has 0 saturated heterocycles. The van der Waals surface area contributed by atoms with Gasteiger partial charge in [0.15, 0.2) is 0 Å². The summed E-state index contributed by atoms with van der Waals surface area (Å²) < 4.78 is 0. The Morgan fingerprint density at radius 3 is 2.52 bits per heavy atom. The molecule has 5 nitrogen and oxygen atoms in total. The Bertz CT molecular complexity index is 915. The molecule has 0 spiro atoms. The van der Waals surface area contributed by atoms with E-state index in [1.807, 2.05) is 54.6 Å². The first-order valence-corrected chi connectivity index (χ1v) is 9.24. The molecular formula is C22H23N5. The van der Waals surface area contributed by atoms with E-state index in [4.69, 9.17) is 0 Å². The Kier molecular flexibility index (Phi) is 6.37. The fraction of sp³-hybridized carbons (Fsp3) is 0.227. The Morgan fingerprint density at radius 2 is 1.74 bits per heavy atom. The molecule has 0 aliphatic rings. The van der Waals surface area contributed by atoms with E-state index >= 15 is 0 Å². The topological polar surface area (TPSA) is 73.6 Å². The van der Waals surface area contributed by atoms with Crippen LogP contribution in [0.5, 0.6) is 0 Å². The molecule has 0 fully saturated rings. The standard InChI is InChI=1S/C22H23N5/c1-2-3-9-14-24-21-15-20(17-10-5-4-6-11-17)26-22(27-21)25-19-13-8-7-12-18(19)16-23/h4-8,10-13,15H,2-3,9,14H2,1H3,(H2,24,25,26,27). The lowest BCUT2D eigenvalue weighted by atomic mass is 10.1. The maximum atomic E-state index is 9.31. The lowest BCUT2D eigenvalue weighted by Crippen LogP contribution is -2.07. The molecule has 3 aromatic rings. The predicted molar refractivity (Wildman–Crippen MR) is 110 cm³/mol. The highest BCUT2D eigenvalue weighted by Gasteiger charge is 2.09. The van der Waals surface area contributed by atoms with E-state index in [1.165, 1.54) is 12.8 Å². The zero-order valence-corrected chi connectivity index (χ0v) is 15.4. The highest BCUT2D eigenvalue weighted by Crippen LogP contribution is 2.24. The number of hydrogen-bond acceptors (Lipinski definition) is 5. The van der Waals surface area contributed by atoms with Gasteiger partial charge in [-0.15, -0.1) is 0 Å². The molecule has 0 atom stereocenters. The largest absolute Gasteiger partial charge is 0.370 e.